The zero-order valence-corrected chi connectivity index (χ0v) is 29.4. The minimum Gasteiger partial charge on any atom is -0.469 e. The summed E-state index contributed by atoms with van der Waals surface area (Å²) >= 11 is 0. The molecule has 2 rings (SSSR count). The third-order valence-corrected chi connectivity index (χ3v) is 7.76. The van der Waals surface area contributed by atoms with Crippen LogP contribution in [0.5, 0.6) is 0 Å². The Kier molecular flexibility index (Phi) is 20.2. The van der Waals surface area contributed by atoms with Gasteiger partial charge in [0.1, 0.15) is 6.04 Å². The van der Waals surface area contributed by atoms with E-state index in [9.17, 15) is 19.2 Å². The molecule has 0 spiro atoms. The maximum Gasteiger partial charge on any atom is 0.328 e. The Bertz CT molecular complexity index is 1390. The van der Waals surface area contributed by atoms with E-state index in [0.717, 1.165) is 38.5 Å². The van der Waals surface area contributed by atoms with E-state index in [1.807, 2.05) is 30.4 Å². The lowest BCUT2D eigenvalue weighted by molar-refractivity contribution is -0.145. The quantitative estimate of drug-likeness (QED) is 0.0698. The third kappa shape index (κ3) is 16.3. The molecule has 0 saturated carbocycles. The Labute approximate surface area is 292 Å². The summed E-state index contributed by atoms with van der Waals surface area (Å²) in [5.41, 5.74) is -0.557. The Morgan fingerprint density at radius 3 is 1.92 bits per heavy atom. The highest BCUT2D eigenvalue weighted by molar-refractivity contribution is 6.07. The molecule has 0 fully saturated rings. The Morgan fingerprint density at radius 2 is 1.37 bits per heavy atom. The van der Waals surface area contributed by atoms with E-state index in [-0.39, 0.29) is 23.9 Å². The number of allylic oxidation sites excluding steroid dienone is 12. The zero-order chi connectivity index (χ0) is 35.6. The van der Waals surface area contributed by atoms with Crippen molar-refractivity contribution in [1.82, 2.24) is 10.6 Å². The average molecular weight is 671 g/mol. The highest BCUT2D eigenvalue weighted by atomic mass is 16.5. The van der Waals surface area contributed by atoms with Crippen molar-refractivity contribution in [1.29, 1.82) is 0 Å². The maximum atomic E-state index is 12.6. The van der Waals surface area contributed by atoms with Gasteiger partial charge in [0, 0.05) is 24.6 Å². The van der Waals surface area contributed by atoms with Crippen molar-refractivity contribution >= 4 is 23.6 Å². The highest BCUT2D eigenvalue weighted by Crippen LogP contribution is 2.34. The van der Waals surface area contributed by atoms with Gasteiger partial charge in [-0.05, 0) is 71.1 Å². The predicted molar refractivity (Wildman–Crippen MR) is 196 cm³/mol. The number of esters is 1. The number of hydrogen-bond acceptors (Lipinski definition) is 6. The first-order valence-electron chi connectivity index (χ1n) is 17.4. The van der Waals surface area contributed by atoms with Crippen molar-refractivity contribution in [2.45, 2.75) is 96.1 Å². The standard InChI is InChI=1S/C41H54N2O6/c1-4-5-6-7-8-9-10-11-12-13-14-15-16-17-18-19-20-21-25-31-38(45)43-35(40(47)48-3)30-26-27-32-42-39(46)36-33-37(44)41(2,49-36)34-28-23-22-24-29-34/h5-6,8-9,11-12,14-15,17-18,20-24,28-29,33,35H,4,7,10,13,16,19,25-27,30-32H2,1-3H3,(H,42,46)(H,43,45). The molecule has 0 radical (unpaired) electrons. The smallest absolute Gasteiger partial charge is 0.328 e. The summed E-state index contributed by atoms with van der Waals surface area (Å²) in [6.07, 6.45) is 34.9. The number of carbonyl (C=O) groups excluding carboxylic acids is 4. The molecule has 2 amide bonds. The second-order valence-corrected chi connectivity index (χ2v) is 11.7. The topological polar surface area (TPSA) is 111 Å². The van der Waals surface area contributed by atoms with Gasteiger partial charge in [0.25, 0.3) is 5.91 Å². The molecule has 264 valence electrons. The van der Waals surface area contributed by atoms with E-state index in [0.29, 0.717) is 37.8 Å². The zero-order valence-electron chi connectivity index (χ0n) is 29.4. The van der Waals surface area contributed by atoms with E-state index in [1.165, 1.54) is 13.2 Å². The molecule has 2 unspecified atom stereocenters. The molecule has 49 heavy (non-hydrogen) atoms. The van der Waals surface area contributed by atoms with Crippen LogP contribution in [0.4, 0.5) is 0 Å². The van der Waals surface area contributed by atoms with Crippen LogP contribution in [0.15, 0.2) is 115 Å². The van der Waals surface area contributed by atoms with Crippen molar-refractivity contribution in [2.24, 2.45) is 0 Å². The lowest BCUT2D eigenvalue weighted by Gasteiger charge is -2.24. The van der Waals surface area contributed by atoms with Crippen LogP contribution in [0, 0.1) is 0 Å². The van der Waals surface area contributed by atoms with Crippen LogP contribution in [0.1, 0.15) is 90.0 Å². The second-order valence-electron chi connectivity index (χ2n) is 11.7. The molecule has 1 heterocycles. The number of carbonyl (C=O) groups is 4. The Hall–Kier alpha value is -4.72. The van der Waals surface area contributed by atoms with E-state index in [2.05, 4.69) is 78.3 Å². The summed E-state index contributed by atoms with van der Waals surface area (Å²) in [5.74, 6) is -1.52. The third-order valence-electron chi connectivity index (χ3n) is 7.76. The molecule has 1 aliphatic heterocycles. The normalized spacial score (nSPS) is 17.1. The average Bonchev–Trinajstić information content (AvgIpc) is 3.43. The van der Waals surface area contributed by atoms with E-state index >= 15 is 0 Å². The molecular weight excluding hydrogens is 616 g/mol. The van der Waals surface area contributed by atoms with Crippen LogP contribution >= 0.6 is 0 Å². The number of benzene rings is 1. The molecule has 0 aliphatic carbocycles. The maximum absolute atomic E-state index is 12.6. The fourth-order valence-electron chi connectivity index (χ4n) is 4.90. The number of ether oxygens (including phenoxy) is 2. The van der Waals surface area contributed by atoms with Crippen molar-refractivity contribution in [3.63, 3.8) is 0 Å². The number of nitrogens with one attached hydrogen (secondary N) is 2. The van der Waals surface area contributed by atoms with Crippen LogP contribution < -0.4 is 10.6 Å². The fourth-order valence-corrected chi connectivity index (χ4v) is 4.90. The lowest BCUT2D eigenvalue weighted by atomic mass is 9.92. The summed E-state index contributed by atoms with van der Waals surface area (Å²) in [4.78, 5) is 49.9. The van der Waals surface area contributed by atoms with Gasteiger partial charge in [-0.3, -0.25) is 14.4 Å². The first-order chi connectivity index (χ1) is 23.8. The molecule has 2 atom stereocenters. The Morgan fingerprint density at radius 1 is 0.816 bits per heavy atom. The minimum atomic E-state index is -1.23. The highest BCUT2D eigenvalue weighted by Gasteiger charge is 2.43. The molecule has 1 aromatic carbocycles. The summed E-state index contributed by atoms with van der Waals surface area (Å²) in [6.45, 7) is 4.10. The monoisotopic (exact) mass is 670 g/mol. The molecule has 2 N–H and O–H groups in total. The molecule has 0 bridgehead atoms. The lowest BCUT2D eigenvalue weighted by Crippen LogP contribution is -2.41. The number of unbranched alkanes of at least 4 members (excludes halogenated alkanes) is 1. The van der Waals surface area contributed by atoms with Crippen LogP contribution in [-0.4, -0.2) is 43.3 Å². The van der Waals surface area contributed by atoms with Crippen LogP contribution in [0.3, 0.4) is 0 Å². The van der Waals surface area contributed by atoms with Crippen LogP contribution in [0.2, 0.25) is 0 Å². The first-order valence-corrected chi connectivity index (χ1v) is 17.4. The van der Waals surface area contributed by atoms with Gasteiger partial charge in [-0.2, -0.15) is 0 Å². The van der Waals surface area contributed by atoms with Crippen LogP contribution in [-0.2, 0) is 34.3 Å². The van der Waals surface area contributed by atoms with Crippen molar-refractivity contribution in [3.05, 3.63) is 121 Å². The van der Waals surface area contributed by atoms with Crippen molar-refractivity contribution < 1.29 is 28.7 Å². The van der Waals surface area contributed by atoms with Crippen molar-refractivity contribution in [3.8, 4) is 0 Å². The SMILES string of the molecule is CCC=CCC=CCC=CCC=CCC=CCC=CCCC(=O)NC(CCCCNC(=O)C1=CC(=O)C(C)(c2ccccc2)O1)C(=O)OC. The minimum absolute atomic E-state index is 0.0250. The molecule has 0 saturated heterocycles. The first kappa shape index (κ1) is 40.5. The van der Waals surface area contributed by atoms with E-state index in [4.69, 9.17) is 9.47 Å². The number of hydrogen-bond donors (Lipinski definition) is 2. The van der Waals surface area contributed by atoms with Gasteiger partial charge in [0.2, 0.25) is 11.7 Å². The van der Waals surface area contributed by atoms with E-state index < -0.39 is 23.5 Å². The Balaban J connectivity index is 1.58. The van der Waals surface area contributed by atoms with Crippen LogP contribution in [0.25, 0.3) is 0 Å². The van der Waals surface area contributed by atoms with E-state index in [1.54, 1.807) is 19.1 Å². The second kappa shape index (κ2) is 24.4. The number of methoxy groups -OCH3 is 1. The van der Waals surface area contributed by atoms with Gasteiger partial charge in [-0.25, -0.2) is 4.79 Å². The van der Waals surface area contributed by atoms with Gasteiger partial charge >= 0.3 is 5.97 Å². The molecule has 8 heteroatoms. The molecule has 8 nitrogen and oxygen atoms in total. The van der Waals surface area contributed by atoms with Gasteiger partial charge in [0.05, 0.1) is 7.11 Å². The largest absolute Gasteiger partial charge is 0.469 e. The predicted octanol–water partition coefficient (Wildman–Crippen LogP) is 7.81. The number of amides is 2. The van der Waals surface area contributed by atoms with Gasteiger partial charge in [-0.15, -0.1) is 0 Å². The fraction of sp³-hybridized carbons (Fsp3) is 0.415. The summed E-state index contributed by atoms with van der Waals surface area (Å²) in [6, 6.07) is 8.28. The molecular formula is C41H54N2O6. The number of ketones is 1. The van der Waals surface area contributed by atoms with Gasteiger partial charge < -0.3 is 20.1 Å². The summed E-state index contributed by atoms with van der Waals surface area (Å²) < 4.78 is 10.6. The van der Waals surface area contributed by atoms with Gasteiger partial charge in [0.15, 0.2) is 11.4 Å². The molecule has 1 aromatic rings. The molecule has 0 aromatic heterocycles. The molecule has 1 aliphatic rings. The van der Waals surface area contributed by atoms with Gasteiger partial charge in [-0.1, -0.05) is 110 Å². The number of rotatable bonds is 23. The summed E-state index contributed by atoms with van der Waals surface area (Å²) in [5, 5.41) is 5.53. The van der Waals surface area contributed by atoms with Crippen molar-refractivity contribution in [2.75, 3.05) is 13.7 Å². The summed E-state index contributed by atoms with van der Waals surface area (Å²) in [7, 11) is 1.29.